The van der Waals surface area contributed by atoms with E-state index < -0.39 is 11.6 Å². The van der Waals surface area contributed by atoms with Crippen LogP contribution in [0.4, 0.5) is 0 Å². The molecule has 6 N–H and O–H groups in total. The molecule has 0 aliphatic rings. The van der Waals surface area contributed by atoms with Crippen LogP contribution in [0.5, 0.6) is 0 Å². The van der Waals surface area contributed by atoms with Gasteiger partial charge in [0, 0.05) is 5.75 Å². The molecule has 6 heteroatoms. The van der Waals surface area contributed by atoms with Gasteiger partial charge in [0.25, 0.3) is 0 Å². The van der Waals surface area contributed by atoms with Crippen LogP contribution < -0.4 is 17.4 Å². The summed E-state index contributed by atoms with van der Waals surface area (Å²) >= 11 is 3.69. The number of carbonyl (C=O) groups excluding carboxylic acids is 1. The van der Waals surface area contributed by atoms with Crippen LogP contribution in [0.1, 0.15) is 0 Å². The highest BCUT2D eigenvalue weighted by Gasteiger charge is 2.28. The van der Waals surface area contributed by atoms with Crippen molar-refractivity contribution in [1.82, 2.24) is 0 Å². The molecule has 0 aromatic carbocycles. The minimum absolute atomic E-state index is 0.0109. The van der Waals surface area contributed by atoms with Gasteiger partial charge in [0.15, 0.2) is 5.66 Å². The molecule has 0 fully saturated rings. The number of carbonyl (C=O) groups is 1. The van der Waals surface area contributed by atoms with Crippen LogP contribution in [-0.2, 0) is 9.63 Å². The van der Waals surface area contributed by atoms with Crippen molar-refractivity contribution in [3.63, 3.8) is 0 Å². The van der Waals surface area contributed by atoms with Gasteiger partial charge in [0.1, 0.15) is 0 Å². The highest BCUT2D eigenvalue weighted by Crippen LogP contribution is 1.94. The molecule has 54 valence electrons. The molecule has 0 unspecified atom stereocenters. The summed E-state index contributed by atoms with van der Waals surface area (Å²) < 4.78 is 0. The van der Waals surface area contributed by atoms with Gasteiger partial charge in [-0.1, -0.05) is 0 Å². The first-order valence-corrected chi connectivity index (χ1v) is 2.77. The first-order chi connectivity index (χ1) is 4.04. The van der Waals surface area contributed by atoms with Gasteiger partial charge in [-0.25, -0.2) is 4.79 Å². The Morgan fingerprint density at radius 2 is 2.11 bits per heavy atom. The summed E-state index contributed by atoms with van der Waals surface area (Å²) in [6, 6.07) is 0. The molecule has 0 saturated heterocycles. The van der Waals surface area contributed by atoms with Gasteiger partial charge >= 0.3 is 5.97 Å². The first-order valence-electron chi connectivity index (χ1n) is 2.14. The summed E-state index contributed by atoms with van der Waals surface area (Å²) in [7, 11) is 0. The molecule has 0 aliphatic heterocycles. The summed E-state index contributed by atoms with van der Waals surface area (Å²) in [6.07, 6.45) is 0. The van der Waals surface area contributed by atoms with E-state index >= 15 is 0 Å². The van der Waals surface area contributed by atoms with E-state index in [0.29, 0.717) is 0 Å². The molecule has 0 aliphatic carbocycles. The zero-order valence-electron chi connectivity index (χ0n) is 4.70. The van der Waals surface area contributed by atoms with E-state index in [1.807, 2.05) is 0 Å². The Morgan fingerprint density at radius 1 is 1.67 bits per heavy atom. The SMILES string of the molecule is NOC(=O)C(N)(N)CS. The third-order valence-corrected chi connectivity index (χ3v) is 1.27. The zero-order valence-corrected chi connectivity index (χ0v) is 5.60. The average Bonchev–Trinajstić information content (AvgIpc) is 1.86. The van der Waals surface area contributed by atoms with Gasteiger partial charge in [-0.3, -0.25) is 0 Å². The fourth-order valence-corrected chi connectivity index (χ4v) is 0.303. The number of nitrogens with two attached hydrogens (primary N) is 3. The van der Waals surface area contributed by atoms with E-state index in [1.54, 1.807) is 0 Å². The second kappa shape index (κ2) is 3.02. The molecule has 0 heterocycles. The second-order valence-corrected chi connectivity index (χ2v) is 1.92. The predicted molar refractivity (Wildman–Crippen MR) is 35.2 cm³/mol. The molecule has 0 radical (unpaired) electrons. The van der Waals surface area contributed by atoms with E-state index in [9.17, 15) is 4.79 Å². The van der Waals surface area contributed by atoms with Gasteiger partial charge < -0.3 is 16.3 Å². The third kappa shape index (κ3) is 2.19. The Morgan fingerprint density at radius 3 is 2.22 bits per heavy atom. The molecular formula is C3H9N3O2S. The van der Waals surface area contributed by atoms with Crippen LogP contribution in [0.15, 0.2) is 0 Å². The van der Waals surface area contributed by atoms with Crippen molar-refractivity contribution in [3.8, 4) is 0 Å². The standard InChI is InChI=1S/C3H9N3O2S/c4-3(5,1-9)2(7)8-6/h9H,1,4-6H2. The summed E-state index contributed by atoms with van der Waals surface area (Å²) in [4.78, 5) is 14.2. The lowest BCUT2D eigenvalue weighted by Crippen LogP contribution is -2.59. The fourth-order valence-electron chi connectivity index (χ4n) is 0.174. The van der Waals surface area contributed by atoms with Crippen molar-refractivity contribution in [1.29, 1.82) is 0 Å². The maximum Gasteiger partial charge on any atom is 0.360 e. The lowest BCUT2D eigenvalue weighted by atomic mass is 10.2. The molecule has 0 aromatic rings. The summed E-state index contributed by atoms with van der Waals surface area (Å²) in [5.41, 5.74) is 8.66. The Hall–Kier alpha value is -0.300. The molecule has 9 heavy (non-hydrogen) atoms. The highest BCUT2D eigenvalue weighted by atomic mass is 32.1. The van der Waals surface area contributed by atoms with Crippen LogP contribution in [0.2, 0.25) is 0 Å². The van der Waals surface area contributed by atoms with Crippen molar-refractivity contribution in [2.24, 2.45) is 17.4 Å². The second-order valence-electron chi connectivity index (χ2n) is 1.60. The molecule has 0 atom stereocenters. The Kier molecular flexibility index (Phi) is 2.92. The van der Waals surface area contributed by atoms with Gasteiger partial charge in [-0.2, -0.15) is 18.5 Å². The lowest BCUT2D eigenvalue weighted by molar-refractivity contribution is -0.149. The Labute approximate surface area is 57.9 Å². The summed E-state index contributed by atoms with van der Waals surface area (Å²) in [5, 5.41) is 0. The topological polar surface area (TPSA) is 104 Å². The average molecular weight is 151 g/mol. The molecule has 0 aromatic heterocycles. The van der Waals surface area contributed by atoms with Crippen LogP contribution in [-0.4, -0.2) is 17.4 Å². The highest BCUT2D eigenvalue weighted by molar-refractivity contribution is 7.80. The van der Waals surface area contributed by atoms with E-state index in [-0.39, 0.29) is 5.75 Å². The zero-order chi connectivity index (χ0) is 7.49. The molecule has 5 nitrogen and oxygen atoms in total. The number of rotatable bonds is 2. The predicted octanol–water partition coefficient (Wildman–Crippen LogP) is -2.05. The van der Waals surface area contributed by atoms with Crippen molar-refractivity contribution in [2.75, 3.05) is 5.75 Å². The first kappa shape index (κ1) is 8.70. The molecule has 0 spiro atoms. The molecule has 0 saturated carbocycles. The van der Waals surface area contributed by atoms with Crippen LogP contribution >= 0.6 is 12.6 Å². The maximum absolute atomic E-state index is 10.4. The van der Waals surface area contributed by atoms with Gasteiger partial charge in [0.2, 0.25) is 0 Å². The third-order valence-electron chi connectivity index (χ3n) is 0.749. The quantitative estimate of drug-likeness (QED) is 0.206. The summed E-state index contributed by atoms with van der Waals surface area (Å²) in [5.74, 6) is 3.60. The van der Waals surface area contributed by atoms with Gasteiger partial charge in [-0.05, 0) is 0 Å². The molecule has 0 bridgehead atoms. The Balaban J connectivity index is 3.97. The van der Waals surface area contributed by atoms with E-state index in [4.69, 9.17) is 11.5 Å². The molecular weight excluding hydrogens is 142 g/mol. The number of thiol groups is 1. The maximum atomic E-state index is 10.4. The largest absolute Gasteiger partial charge is 0.371 e. The Bertz CT molecular complexity index is 116. The van der Waals surface area contributed by atoms with Crippen molar-refractivity contribution in [2.45, 2.75) is 5.66 Å². The van der Waals surface area contributed by atoms with Crippen LogP contribution in [0.3, 0.4) is 0 Å². The van der Waals surface area contributed by atoms with Crippen LogP contribution in [0.25, 0.3) is 0 Å². The van der Waals surface area contributed by atoms with Crippen molar-refractivity contribution < 1.29 is 9.63 Å². The normalized spacial score (nSPS) is 11.1. The van der Waals surface area contributed by atoms with Crippen LogP contribution in [0, 0.1) is 0 Å². The summed E-state index contributed by atoms with van der Waals surface area (Å²) in [6.45, 7) is 0. The smallest absolute Gasteiger partial charge is 0.360 e. The van der Waals surface area contributed by atoms with Gasteiger partial charge in [0.05, 0.1) is 0 Å². The van der Waals surface area contributed by atoms with Crippen molar-refractivity contribution in [3.05, 3.63) is 0 Å². The lowest BCUT2D eigenvalue weighted by Gasteiger charge is -2.16. The number of hydrogen-bond acceptors (Lipinski definition) is 6. The number of hydrogen-bond donors (Lipinski definition) is 4. The van der Waals surface area contributed by atoms with E-state index in [1.165, 1.54) is 0 Å². The van der Waals surface area contributed by atoms with E-state index in [2.05, 4.69) is 23.4 Å². The van der Waals surface area contributed by atoms with Gasteiger partial charge in [-0.15, -0.1) is 0 Å². The fraction of sp³-hybridized carbons (Fsp3) is 0.667. The van der Waals surface area contributed by atoms with Crippen molar-refractivity contribution >= 4 is 18.6 Å². The molecule has 0 amide bonds. The minimum Gasteiger partial charge on any atom is -0.371 e. The monoisotopic (exact) mass is 151 g/mol. The van der Waals surface area contributed by atoms with E-state index in [0.717, 1.165) is 0 Å². The molecule has 0 rings (SSSR count). The minimum atomic E-state index is -1.57.